The number of hydrogen-bond acceptors (Lipinski definition) is 3. The van der Waals surface area contributed by atoms with Crippen LogP contribution in [0.25, 0.3) is 0 Å². The topological polar surface area (TPSA) is 64.3 Å². The van der Waals surface area contributed by atoms with Crippen molar-refractivity contribution < 1.29 is 13.9 Å². The van der Waals surface area contributed by atoms with E-state index < -0.39 is 0 Å². The van der Waals surface area contributed by atoms with Crippen LogP contribution in [0.4, 0.5) is 10.1 Å². The van der Waals surface area contributed by atoms with Crippen LogP contribution in [0.1, 0.15) is 33.1 Å². The second-order valence-electron chi connectivity index (χ2n) is 4.55. The van der Waals surface area contributed by atoms with E-state index in [2.05, 4.69) is 5.32 Å². The molecule has 1 amide bonds. The molecule has 106 valence electrons. The van der Waals surface area contributed by atoms with E-state index in [0.717, 1.165) is 6.42 Å². The van der Waals surface area contributed by atoms with E-state index >= 15 is 0 Å². The molecule has 3 N–H and O–H groups in total. The van der Waals surface area contributed by atoms with Crippen molar-refractivity contribution in [3.05, 3.63) is 24.0 Å². The zero-order chi connectivity index (χ0) is 14.3. The highest BCUT2D eigenvalue weighted by Crippen LogP contribution is 2.25. The Labute approximate surface area is 113 Å². The average Bonchev–Trinajstić information content (AvgIpc) is 2.36. The number of carbonyl (C=O) groups excluding carboxylic acids is 1. The number of halogens is 1. The maximum atomic E-state index is 13.2. The summed E-state index contributed by atoms with van der Waals surface area (Å²) < 4.78 is 18.6. The van der Waals surface area contributed by atoms with Crippen LogP contribution >= 0.6 is 0 Å². The van der Waals surface area contributed by atoms with Crippen LogP contribution in [-0.2, 0) is 4.79 Å². The Morgan fingerprint density at radius 3 is 2.89 bits per heavy atom. The molecule has 1 unspecified atom stereocenters. The molecule has 1 aromatic rings. The highest BCUT2D eigenvalue weighted by Gasteiger charge is 2.10. The van der Waals surface area contributed by atoms with E-state index in [-0.39, 0.29) is 17.8 Å². The van der Waals surface area contributed by atoms with Crippen molar-refractivity contribution in [3.8, 4) is 5.75 Å². The lowest BCUT2D eigenvalue weighted by molar-refractivity contribution is -0.116. The van der Waals surface area contributed by atoms with Gasteiger partial charge >= 0.3 is 0 Å². The van der Waals surface area contributed by atoms with Gasteiger partial charge in [-0.1, -0.05) is 6.92 Å². The number of nitrogens with two attached hydrogens (primary N) is 1. The molecule has 0 aliphatic rings. The average molecular weight is 268 g/mol. The van der Waals surface area contributed by atoms with Crippen LogP contribution in [-0.4, -0.2) is 18.6 Å². The predicted molar refractivity (Wildman–Crippen MR) is 73.7 cm³/mol. The molecule has 0 spiro atoms. The summed E-state index contributed by atoms with van der Waals surface area (Å²) in [6, 6.07) is 4.05. The predicted octanol–water partition coefficient (Wildman–Crippen LogP) is 2.68. The summed E-state index contributed by atoms with van der Waals surface area (Å²) in [7, 11) is 0. The SMILES string of the molecule is CCCOc1cc(F)ccc1NC(=O)CCC(C)N. The molecule has 0 heterocycles. The van der Waals surface area contributed by atoms with Gasteiger partial charge in [-0.05, 0) is 31.9 Å². The van der Waals surface area contributed by atoms with Gasteiger partial charge in [0.15, 0.2) is 0 Å². The molecule has 0 aliphatic carbocycles. The fourth-order valence-corrected chi connectivity index (χ4v) is 1.50. The molecule has 19 heavy (non-hydrogen) atoms. The first kappa shape index (κ1) is 15.4. The number of ether oxygens (including phenoxy) is 1. The summed E-state index contributed by atoms with van der Waals surface area (Å²) in [5.74, 6) is -0.180. The highest BCUT2D eigenvalue weighted by atomic mass is 19.1. The monoisotopic (exact) mass is 268 g/mol. The third kappa shape index (κ3) is 5.70. The van der Waals surface area contributed by atoms with Gasteiger partial charge in [0.25, 0.3) is 0 Å². The Morgan fingerprint density at radius 1 is 1.53 bits per heavy atom. The smallest absolute Gasteiger partial charge is 0.224 e. The van der Waals surface area contributed by atoms with E-state index in [0.29, 0.717) is 30.9 Å². The van der Waals surface area contributed by atoms with Gasteiger partial charge in [0.05, 0.1) is 12.3 Å². The second-order valence-corrected chi connectivity index (χ2v) is 4.55. The van der Waals surface area contributed by atoms with E-state index in [1.165, 1.54) is 18.2 Å². The van der Waals surface area contributed by atoms with Crippen molar-refractivity contribution in [1.29, 1.82) is 0 Å². The van der Waals surface area contributed by atoms with E-state index in [4.69, 9.17) is 10.5 Å². The maximum absolute atomic E-state index is 13.2. The Kier molecular flexibility index (Phi) is 6.29. The number of carbonyl (C=O) groups is 1. The van der Waals surface area contributed by atoms with Crippen molar-refractivity contribution in [3.63, 3.8) is 0 Å². The summed E-state index contributed by atoms with van der Waals surface area (Å²) >= 11 is 0. The lowest BCUT2D eigenvalue weighted by atomic mass is 10.2. The first-order valence-corrected chi connectivity index (χ1v) is 6.50. The Bertz CT molecular complexity index is 422. The molecule has 4 nitrogen and oxygen atoms in total. The van der Waals surface area contributed by atoms with Gasteiger partial charge in [0, 0.05) is 18.5 Å². The van der Waals surface area contributed by atoms with Gasteiger partial charge in [-0.2, -0.15) is 0 Å². The largest absolute Gasteiger partial charge is 0.491 e. The minimum Gasteiger partial charge on any atom is -0.491 e. The zero-order valence-electron chi connectivity index (χ0n) is 11.4. The summed E-state index contributed by atoms with van der Waals surface area (Å²) in [5.41, 5.74) is 6.09. The van der Waals surface area contributed by atoms with Crippen molar-refractivity contribution in [2.75, 3.05) is 11.9 Å². The van der Waals surface area contributed by atoms with Crippen LogP contribution in [0, 0.1) is 5.82 Å². The molecule has 1 aromatic carbocycles. The molecule has 0 fully saturated rings. The normalized spacial score (nSPS) is 12.0. The zero-order valence-corrected chi connectivity index (χ0v) is 11.4. The molecule has 0 saturated carbocycles. The summed E-state index contributed by atoms with van der Waals surface area (Å²) in [5, 5.41) is 2.72. The van der Waals surface area contributed by atoms with Crippen LogP contribution in [0.2, 0.25) is 0 Å². The summed E-state index contributed by atoms with van der Waals surface area (Å²) in [6.07, 6.45) is 1.76. The quantitative estimate of drug-likeness (QED) is 0.799. The van der Waals surface area contributed by atoms with Crippen molar-refractivity contribution in [2.24, 2.45) is 5.73 Å². The molecule has 0 aliphatic heterocycles. The first-order valence-electron chi connectivity index (χ1n) is 6.50. The Morgan fingerprint density at radius 2 is 2.26 bits per heavy atom. The Hall–Kier alpha value is -1.62. The van der Waals surface area contributed by atoms with Gasteiger partial charge < -0.3 is 15.8 Å². The molecule has 0 saturated heterocycles. The lowest BCUT2D eigenvalue weighted by Crippen LogP contribution is -2.19. The fourth-order valence-electron chi connectivity index (χ4n) is 1.50. The number of anilines is 1. The Balaban J connectivity index is 2.68. The van der Waals surface area contributed by atoms with Gasteiger partial charge in [-0.25, -0.2) is 4.39 Å². The van der Waals surface area contributed by atoms with Crippen LogP contribution in [0.5, 0.6) is 5.75 Å². The molecular weight excluding hydrogens is 247 g/mol. The minimum atomic E-state index is -0.389. The highest BCUT2D eigenvalue weighted by molar-refractivity contribution is 5.92. The van der Waals surface area contributed by atoms with E-state index in [9.17, 15) is 9.18 Å². The number of rotatable bonds is 7. The van der Waals surface area contributed by atoms with Crippen LogP contribution < -0.4 is 15.8 Å². The van der Waals surface area contributed by atoms with Gasteiger partial charge in [-0.3, -0.25) is 4.79 Å². The molecule has 5 heteroatoms. The fraction of sp³-hybridized carbons (Fsp3) is 0.500. The molecule has 0 radical (unpaired) electrons. The number of amides is 1. The second kappa shape index (κ2) is 7.74. The maximum Gasteiger partial charge on any atom is 0.224 e. The molecule has 0 aromatic heterocycles. The van der Waals surface area contributed by atoms with Gasteiger partial charge in [-0.15, -0.1) is 0 Å². The lowest BCUT2D eigenvalue weighted by Gasteiger charge is -2.12. The number of hydrogen-bond donors (Lipinski definition) is 2. The first-order chi connectivity index (χ1) is 9.02. The van der Waals surface area contributed by atoms with Gasteiger partial charge in [0.2, 0.25) is 5.91 Å². The summed E-state index contributed by atoms with van der Waals surface area (Å²) in [6.45, 7) is 4.29. The summed E-state index contributed by atoms with van der Waals surface area (Å²) in [4.78, 5) is 11.7. The molecule has 1 rings (SSSR count). The van der Waals surface area contributed by atoms with Crippen molar-refractivity contribution in [2.45, 2.75) is 39.2 Å². The van der Waals surface area contributed by atoms with Crippen molar-refractivity contribution in [1.82, 2.24) is 0 Å². The van der Waals surface area contributed by atoms with E-state index in [1.54, 1.807) is 0 Å². The molecular formula is C14H21FN2O2. The van der Waals surface area contributed by atoms with Gasteiger partial charge in [0.1, 0.15) is 11.6 Å². The molecule has 0 bridgehead atoms. The third-order valence-electron chi connectivity index (χ3n) is 2.51. The third-order valence-corrected chi connectivity index (χ3v) is 2.51. The van der Waals surface area contributed by atoms with E-state index in [1.807, 2.05) is 13.8 Å². The van der Waals surface area contributed by atoms with Crippen LogP contribution in [0.15, 0.2) is 18.2 Å². The minimum absolute atomic E-state index is 0.0187. The molecule has 1 atom stereocenters. The number of benzene rings is 1. The standard InChI is InChI=1S/C14H21FN2O2/c1-3-8-19-13-9-11(15)5-6-12(13)17-14(18)7-4-10(2)16/h5-6,9-10H,3-4,7-8,16H2,1-2H3,(H,17,18). The van der Waals surface area contributed by atoms with Crippen LogP contribution in [0.3, 0.4) is 0 Å². The van der Waals surface area contributed by atoms with Crippen molar-refractivity contribution >= 4 is 11.6 Å². The number of nitrogens with one attached hydrogen (secondary N) is 1.